The number of aromatic nitrogens is 1. The lowest BCUT2D eigenvalue weighted by molar-refractivity contribution is -0.134. The van der Waals surface area contributed by atoms with E-state index in [0.717, 1.165) is 16.0 Å². The molecule has 160 valence electrons. The van der Waals surface area contributed by atoms with Crippen LogP contribution in [-0.4, -0.2) is 41.3 Å². The average Bonchev–Trinajstić information content (AvgIpc) is 3.07. The molecule has 3 aromatic rings. The topological polar surface area (TPSA) is 85.8 Å². The lowest BCUT2D eigenvalue weighted by Crippen LogP contribution is -2.32. The number of carbonyl (C=O) groups is 3. The molecule has 0 aliphatic carbocycles. The van der Waals surface area contributed by atoms with Crippen LogP contribution in [0.1, 0.15) is 38.3 Å². The number of carbonyl (C=O) groups excluding carboxylic acids is 3. The van der Waals surface area contributed by atoms with E-state index in [2.05, 4.69) is 4.98 Å². The van der Waals surface area contributed by atoms with Crippen molar-refractivity contribution in [3.8, 4) is 11.5 Å². The molecule has 0 saturated heterocycles. The number of methoxy groups -OCH3 is 1. The molecule has 0 N–H and O–H groups in total. The molecular formula is C25H20N2O5. The Morgan fingerprint density at radius 2 is 1.56 bits per heavy atom. The summed E-state index contributed by atoms with van der Waals surface area (Å²) in [6.45, 7) is -0.0553. The monoisotopic (exact) mass is 428 g/mol. The lowest BCUT2D eigenvalue weighted by atomic mass is 10.1. The normalized spacial score (nSPS) is 12.8. The maximum absolute atomic E-state index is 12.4. The molecular weight excluding hydrogens is 408 g/mol. The first-order chi connectivity index (χ1) is 15.6. The highest BCUT2D eigenvalue weighted by Crippen LogP contribution is 2.29. The van der Waals surface area contributed by atoms with E-state index in [1.54, 1.807) is 54.9 Å². The van der Waals surface area contributed by atoms with Gasteiger partial charge >= 0.3 is 5.97 Å². The zero-order valence-corrected chi connectivity index (χ0v) is 17.4. The largest absolute Gasteiger partial charge is 0.493 e. The number of amides is 2. The van der Waals surface area contributed by atoms with Crippen molar-refractivity contribution in [3.63, 3.8) is 0 Å². The Labute approximate surface area is 184 Å². The van der Waals surface area contributed by atoms with Crippen molar-refractivity contribution in [3.05, 3.63) is 89.2 Å². The van der Waals surface area contributed by atoms with Crippen molar-refractivity contribution >= 4 is 29.9 Å². The van der Waals surface area contributed by atoms with Gasteiger partial charge in [-0.25, -0.2) is 0 Å². The van der Waals surface area contributed by atoms with Crippen LogP contribution in [0.3, 0.4) is 0 Å². The SMILES string of the molecule is COc1cc(/C=C/c2ccncc2)ccc1OC(=O)CCN1C(=O)c2ccccc2C1=O. The van der Waals surface area contributed by atoms with E-state index in [4.69, 9.17) is 9.47 Å². The van der Waals surface area contributed by atoms with E-state index in [1.165, 1.54) is 7.11 Å². The van der Waals surface area contributed by atoms with Crippen LogP contribution in [0.5, 0.6) is 11.5 Å². The number of fused-ring (bicyclic) bond motifs is 1. The molecule has 2 heterocycles. The zero-order chi connectivity index (χ0) is 22.5. The zero-order valence-electron chi connectivity index (χ0n) is 17.4. The van der Waals surface area contributed by atoms with Crippen LogP contribution in [0.4, 0.5) is 0 Å². The Morgan fingerprint density at radius 1 is 0.906 bits per heavy atom. The molecule has 1 aliphatic rings. The fourth-order valence-corrected chi connectivity index (χ4v) is 3.36. The third kappa shape index (κ3) is 4.41. The first-order valence-corrected chi connectivity index (χ1v) is 9.99. The van der Waals surface area contributed by atoms with Gasteiger partial charge in [0.1, 0.15) is 0 Å². The molecule has 1 aliphatic heterocycles. The van der Waals surface area contributed by atoms with Crippen molar-refractivity contribution < 1.29 is 23.9 Å². The molecule has 0 fully saturated rings. The maximum Gasteiger partial charge on any atom is 0.313 e. The molecule has 7 heteroatoms. The summed E-state index contributed by atoms with van der Waals surface area (Å²) in [6, 6.07) is 15.6. The Hall–Kier alpha value is -4.26. The smallest absolute Gasteiger partial charge is 0.313 e. The van der Waals surface area contributed by atoms with E-state index in [0.29, 0.717) is 16.9 Å². The third-order valence-electron chi connectivity index (χ3n) is 5.00. The van der Waals surface area contributed by atoms with Gasteiger partial charge in [0.2, 0.25) is 0 Å². The van der Waals surface area contributed by atoms with Crippen molar-refractivity contribution in [1.29, 1.82) is 0 Å². The third-order valence-corrected chi connectivity index (χ3v) is 5.00. The van der Waals surface area contributed by atoms with Crippen molar-refractivity contribution in [2.45, 2.75) is 6.42 Å². The van der Waals surface area contributed by atoms with Crippen LogP contribution < -0.4 is 9.47 Å². The number of imide groups is 1. The van der Waals surface area contributed by atoms with Crippen molar-refractivity contribution in [2.24, 2.45) is 0 Å². The molecule has 0 saturated carbocycles. The van der Waals surface area contributed by atoms with Crippen LogP contribution in [-0.2, 0) is 4.79 Å². The summed E-state index contributed by atoms with van der Waals surface area (Å²) in [5.41, 5.74) is 2.57. The summed E-state index contributed by atoms with van der Waals surface area (Å²) in [6.07, 6.45) is 7.14. The van der Waals surface area contributed by atoms with E-state index in [9.17, 15) is 14.4 Å². The molecule has 0 atom stereocenters. The van der Waals surface area contributed by atoms with Gasteiger partial charge in [-0.05, 0) is 47.5 Å². The number of nitrogens with zero attached hydrogens (tertiary/aromatic N) is 2. The minimum atomic E-state index is -0.570. The Kier molecular flexibility index (Phi) is 6.07. The first-order valence-electron chi connectivity index (χ1n) is 9.99. The van der Waals surface area contributed by atoms with Crippen LogP contribution in [0.15, 0.2) is 67.0 Å². The van der Waals surface area contributed by atoms with Gasteiger partial charge in [-0.1, -0.05) is 30.4 Å². The molecule has 0 spiro atoms. The summed E-state index contributed by atoms with van der Waals surface area (Å²) < 4.78 is 10.8. The van der Waals surface area contributed by atoms with Gasteiger partial charge in [0.25, 0.3) is 11.8 Å². The predicted molar refractivity (Wildman–Crippen MR) is 118 cm³/mol. The summed E-state index contributed by atoms with van der Waals surface area (Å²) in [7, 11) is 1.49. The second-order valence-electron chi connectivity index (χ2n) is 7.06. The molecule has 0 unspecified atom stereocenters. The van der Waals surface area contributed by atoms with Crippen LogP contribution in [0.25, 0.3) is 12.2 Å². The van der Waals surface area contributed by atoms with Gasteiger partial charge in [0.15, 0.2) is 11.5 Å². The standard InChI is InChI=1S/C25H20N2O5/c1-31-22-16-18(7-6-17-10-13-26-14-11-17)8-9-21(22)32-23(28)12-15-27-24(29)19-4-2-3-5-20(19)25(27)30/h2-11,13-14,16H,12,15H2,1H3/b7-6+. The van der Waals surface area contributed by atoms with Gasteiger partial charge in [0, 0.05) is 18.9 Å². The summed E-state index contributed by atoms with van der Waals surface area (Å²) in [5.74, 6) is -0.709. The number of rotatable bonds is 7. The Balaban J connectivity index is 1.38. The van der Waals surface area contributed by atoms with E-state index >= 15 is 0 Å². The Morgan fingerprint density at radius 3 is 2.22 bits per heavy atom. The fourth-order valence-electron chi connectivity index (χ4n) is 3.36. The first kappa shape index (κ1) is 21.0. The number of ether oxygens (including phenoxy) is 2. The quantitative estimate of drug-likeness (QED) is 0.323. The number of hydrogen-bond acceptors (Lipinski definition) is 6. The van der Waals surface area contributed by atoms with Gasteiger partial charge < -0.3 is 9.47 Å². The molecule has 2 aromatic carbocycles. The molecule has 0 radical (unpaired) electrons. The van der Waals surface area contributed by atoms with Crippen LogP contribution in [0.2, 0.25) is 0 Å². The maximum atomic E-state index is 12.4. The predicted octanol–water partition coefficient (Wildman–Crippen LogP) is 3.85. The summed E-state index contributed by atoms with van der Waals surface area (Å²) in [4.78, 5) is 42.2. The fraction of sp³-hybridized carbons (Fsp3) is 0.120. The lowest BCUT2D eigenvalue weighted by Gasteiger charge is -2.14. The van der Waals surface area contributed by atoms with E-state index in [-0.39, 0.29) is 18.7 Å². The molecule has 2 amide bonds. The highest BCUT2D eigenvalue weighted by molar-refractivity contribution is 6.21. The average molecular weight is 428 g/mol. The second kappa shape index (κ2) is 9.26. The summed E-state index contributed by atoms with van der Waals surface area (Å²) >= 11 is 0. The molecule has 4 rings (SSSR count). The van der Waals surface area contributed by atoms with Crippen molar-refractivity contribution in [1.82, 2.24) is 9.88 Å². The number of pyridine rings is 1. The van der Waals surface area contributed by atoms with Gasteiger partial charge in [0.05, 0.1) is 24.7 Å². The van der Waals surface area contributed by atoms with Gasteiger partial charge in [-0.15, -0.1) is 0 Å². The van der Waals surface area contributed by atoms with E-state index < -0.39 is 17.8 Å². The minimum Gasteiger partial charge on any atom is -0.493 e. The summed E-state index contributed by atoms with van der Waals surface area (Å²) in [5, 5.41) is 0. The van der Waals surface area contributed by atoms with Gasteiger partial charge in [-0.3, -0.25) is 24.3 Å². The number of benzene rings is 2. The highest BCUT2D eigenvalue weighted by atomic mass is 16.6. The molecule has 0 bridgehead atoms. The minimum absolute atomic E-state index is 0.0553. The number of hydrogen-bond donors (Lipinski definition) is 0. The van der Waals surface area contributed by atoms with Crippen molar-refractivity contribution in [2.75, 3.05) is 13.7 Å². The van der Waals surface area contributed by atoms with Gasteiger partial charge in [-0.2, -0.15) is 0 Å². The number of esters is 1. The highest BCUT2D eigenvalue weighted by Gasteiger charge is 2.35. The van der Waals surface area contributed by atoms with Crippen LogP contribution in [0, 0.1) is 0 Å². The molecule has 32 heavy (non-hydrogen) atoms. The van der Waals surface area contributed by atoms with Crippen LogP contribution >= 0.6 is 0 Å². The molecule has 1 aromatic heterocycles. The molecule has 7 nitrogen and oxygen atoms in total. The second-order valence-corrected chi connectivity index (χ2v) is 7.06. The van der Waals surface area contributed by atoms with E-state index in [1.807, 2.05) is 24.3 Å². The Bertz CT molecular complexity index is 1170.